The molecule has 2 N–H and O–H groups in total. The maximum atomic E-state index is 12.6. The number of methoxy groups -OCH3 is 1. The maximum Gasteiger partial charge on any atom is 0.371 e. The molecule has 8 heteroatoms. The van der Waals surface area contributed by atoms with Crippen molar-refractivity contribution in [3.05, 3.63) is 82.8 Å². The number of anilines is 1. The minimum atomic E-state index is -1.16. The molecule has 2 aromatic carbocycles. The van der Waals surface area contributed by atoms with Gasteiger partial charge in [-0.3, -0.25) is 4.79 Å². The Bertz CT molecular complexity index is 1240. The van der Waals surface area contributed by atoms with Gasteiger partial charge in [0.05, 0.1) is 7.11 Å². The number of aromatic carboxylic acids is 1. The lowest BCUT2D eigenvalue weighted by Gasteiger charge is -2.11. The van der Waals surface area contributed by atoms with Crippen molar-refractivity contribution in [2.75, 3.05) is 12.4 Å². The molecular formula is C25H22N2O6. The summed E-state index contributed by atoms with van der Waals surface area (Å²) in [6, 6.07) is 17.1. The summed E-state index contributed by atoms with van der Waals surface area (Å²) in [6.45, 7) is 1.99. The van der Waals surface area contributed by atoms with Crippen LogP contribution in [0.4, 0.5) is 5.69 Å². The van der Waals surface area contributed by atoms with E-state index in [0.717, 1.165) is 12.0 Å². The Morgan fingerprint density at radius 1 is 1.15 bits per heavy atom. The van der Waals surface area contributed by atoms with Gasteiger partial charge in [0.15, 0.2) is 11.5 Å². The number of carboxylic acids is 1. The van der Waals surface area contributed by atoms with Crippen molar-refractivity contribution in [3.8, 4) is 17.6 Å². The average Bonchev–Trinajstić information content (AvgIpc) is 3.31. The Labute approximate surface area is 190 Å². The fourth-order valence-electron chi connectivity index (χ4n) is 3.07. The van der Waals surface area contributed by atoms with Crippen LogP contribution in [0.25, 0.3) is 6.08 Å². The molecule has 0 radical (unpaired) electrons. The van der Waals surface area contributed by atoms with E-state index in [-0.39, 0.29) is 17.9 Å². The number of benzene rings is 2. The molecule has 0 unspecified atom stereocenters. The molecule has 0 bridgehead atoms. The van der Waals surface area contributed by atoms with Crippen LogP contribution < -0.4 is 14.8 Å². The highest BCUT2D eigenvalue weighted by Crippen LogP contribution is 2.30. The number of para-hydroxylation sites is 1. The number of hydrogen-bond acceptors (Lipinski definition) is 6. The topological polar surface area (TPSA) is 122 Å². The predicted octanol–water partition coefficient (Wildman–Crippen LogP) is 4.67. The molecule has 8 nitrogen and oxygen atoms in total. The molecule has 33 heavy (non-hydrogen) atoms. The number of nitrogens with zero attached hydrogens (tertiary/aromatic N) is 1. The van der Waals surface area contributed by atoms with Gasteiger partial charge in [0.25, 0.3) is 5.91 Å². The van der Waals surface area contributed by atoms with E-state index in [2.05, 4.69) is 5.32 Å². The number of nitriles is 1. The first-order valence-corrected chi connectivity index (χ1v) is 10.1. The third-order valence-corrected chi connectivity index (χ3v) is 4.75. The smallest absolute Gasteiger partial charge is 0.371 e. The largest absolute Gasteiger partial charge is 0.493 e. The summed E-state index contributed by atoms with van der Waals surface area (Å²) in [7, 11) is 1.46. The summed E-state index contributed by atoms with van der Waals surface area (Å²) in [5.74, 6) is -0.736. The minimum absolute atomic E-state index is 0.00150. The van der Waals surface area contributed by atoms with E-state index in [9.17, 15) is 14.9 Å². The Balaban J connectivity index is 1.75. The monoisotopic (exact) mass is 446 g/mol. The molecule has 0 saturated heterocycles. The highest BCUT2D eigenvalue weighted by molar-refractivity contribution is 6.10. The number of aryl methyl sites for hydroxylation is 1. The van der Waals surface area contributed by atoms with Crippen LogP contribution in [0, 0.1) is 11.3 Å². The number of hydrogen-bond donors (Lipinski definition) is 2. The molecule has 1 aromatic heterocycles. The first-order chi connectivity index (χ1) is 15.9. The van der Waals surface area contributed by atoms with Crippen molar-refractivity contribution in [1.82, 2.24) is 0 Å². The fourth-order valence-corrected chi connectivity index (χ4v) is 3.07. The van der Waals surface area contributed by atoms with Gasteiger partial charge >= 0.3 is 5.97 Å². The van der Waals surface area contributed by atoms with Crippen molar-refractivity contribution < 1.29 is 28.6 Å². The summed E-state index contributed by atoms with van der Waals surface area (Å²) < 4.78 is 16.2. The van der Waals surface area contributed by atoms with E-state index in [1.165, 1.54) is 25.3 Å². The lowest BCUT2D eigenvalue weighted by atomic mass is 10.1. The second kappa shape index (κ2) is 10.7. The van der Waals surface area contributed by atoms with Crippen LogP contribution in [0.1, 0.15) is 34.4 Å². The molecule has 1 amide bonds. The van der Waals surface area contributed by atoms with Gasteiger partial charge in [0, 0.05) is 5.69 Å². The molecule has 0 aliphatic heterocycles. The van der Waals surface area contributed by atoms with Crippen molar-refractivity contribution in [1.29, 1.82) is 5.26 Å². The Kier molecular flexibility index (Phi) is 7.50. The number of furan rings is 1. The molecule has 0 spiro atoms. The normalized spacial score (nSPS) is 10.9. The van der Waals surface area contributed by atoms with E-state index in [4.69, 9.17) is 19.0 Å². The predicted molar refractivity (Wildman–Crippen MR) is 121 cm³/mol. The number of ether oxygens (including phenoxy) is 2. The SMILES string of the molecule is CCc1ccccc1NC(=O)C(C#N)=Cc1ccc(OCc2ccc(C(=O)O)o2)c(OC)c1. The zero-order valence-electron chi connectivity index (χ0n) is 18.1. The summed E-state index contributed by atoms with van der Waals surface area (Å²) in [5.41, 5.74) is 2.14. The first-order valence-electron chi connectivity index (χ1n) is 10.1. The van der Waals surface area contributed by atoms with Gasteiger partial charge in [0.1, 0.15) is 24.0 Å². The number of nitrogens with one attached hydrogen (secondary N) is 1. The highest BCUT2D eigenvalue weighted by atomic mass is 16.5. The molecule has 1 heterocycles. The van der Waals surface area contributed by atoms with Crippen molar-refractivity contribution >= 4 is 23.6 Å². The highest BCUT2D eigenvalue weighted by Gasteiger charge is 2.14. The van der Waals surface area contributed by atoms with E-state index in [1.54, 1.807) is 24.3 Å². The number of carbonyl (C=O) groups excluding carboxylic acids is 1. The molecule has 0 atom stereocenters. The van der Waals surface area contributed by atoms with Crippen LogP contribution in [0.3, 0.4) is 0 Å². The number of amides is 1. The van der Waals surface area contributed by atoms with E-state index < -0.39 is 11.9 Å². The molecular weight excluding hydrogens is 424 g/mol. The summed E-state index contributed by atoms with van der Waals surface area (Å²) in [4.78, 5) is 23.5. The first kappa shape index (κ1) is 23.2. The van der Waals surface area contributed by atoms with Gasteiger partial charge in [-0.25, -0.2) is 4.79 Å². The van der Waals surface area contributed by atoms with E-state index in [0.29, 0.717) is 28.5 Å². The second-order valence-electron chi connectivity index (χ2n) is 6.90. The van der Waals surface area contributed by atoms with Gasteiger partial charge in [-0.1, -0.05) is 31.2 Å². The fraction of sp³-hybridized carbons (Fsp3) is 0.160. The van der Waals surface area contributed by atoms with Crippen LogP contribution in [0.5, 0.6) is 11.5 Å². The zero-order chi connectivity index (χ0) is 23.8. The molecule has 0 aliphatic carbocycles. The third-order valence-electron chi connectivity index (χ3n) is 4.75. The standard InChI is InChI=1S/C25H22N2O6/c1-3-17-6-4-5-7-20(17)27-24(28)18(14-26)12-16-8-10-21(23(13-16)31-2)32-15-19-9-11-22(33-19)25(29)30/h4-13H,3,15H2,1-2H3,(H,27,28)(H,29,30). The second-order valence-corrected chi connectivity index (χ2v) is 6.90. The molecule has 168 valence electrons. The Morgan fingerprint density at radius 2 is 1.94 bits per heavy atom. The van der Waals surface area contributed by atoms with E-state index >= 15 is 0 Å². The molecule has 3 rings (SSSR count). The third kappa shape index (κ3) is 5.80. The quantitative estimate of drug-likeness (QED) is 0.362. The summed E-state index contributed by atoms with van der Waals surface area (Å²) in [5, 5.41) is 21.2. The van der Waals surface area contributed by atoms with Gasteiger partial charge < -0.3 is 24.3 Å². The molecule has 0 fully saturated rings. The summed E-state index contributed by atoms with van der Waals surface area (Å²) in [6.07, 6.45) is 2.21. The average molecular weight is 446 g/mol. The van der Waals surface area contributed by atoms with E-state index in [1.807, 2.05) is 31.2 Å². The Hall–Kier alpha value is -4.51. The van der Waals surface area contributed by atoms with Gasteiger partial charge in [-0.15, -0.1) is 0 Å². The van der Waals surface area contributed by atoms with Crippen LogP contribution in [0.2, 0.25) is 0 Å². The van der Waals surface area contributed by atoms with Crippen LogP contribution in [-0.4, -0.2) is 24.1 Å². The molecule has 0 saturated carbocycles. The molecule has 3 aromatic rings. The van der Waals surface area contributed by atoms with Crippen LogP contribution >= 0.6 is 0 Å². The zero-order valence-corrected chi connectivity index (χ0v) is 18.1. The van der Waals surface area contributed by atoms with Crippen LogP contribution in [-0.2, 0) is 17.8 Å². The lowest BCUT2D eigenvalue weighted by Crippen LogP contribution is -2.14. The number of carbonyl (C=O) groups is 2. The van der Waals surface area contributed by atoms with Crippen molar-refractivity contribution in [3.63, 3.8) is 0 Å². The van der Waals surface area contributed by atoms with Gasteiger partial charge in [0.2, 0.25) is 5.76 Å². The number of carboxylic acid groups (broad SMARTS) is 1. The minimum Gasteiger partial charge on any atom is -0.493 e. The molecule has 0 aliphatic rings. The van der Waals surface area contributed by atoms with Gasteiger partial charge in [-0.2, -0.15) is 5.26 Å². The van der Waals surface area contributed by atoms with Crippen molar-refractivity contribution in [2.45, 2.75) is 20.0 Å². The maximum absolute atomic E-state index is 12.6. The van der Waals surface area contributed by atoms with Crippen LogP contribution in [0.15, 0.2) is 64.6 Å². The van der Waals surface area contributed by atoms with Gasteiger partial charge in [-0.05, 0) is 54.0 Å². The number of rotatable bonds is 9. The summed E-state index contributed by atoms with van der Waals surface area (Å²) >= 11 is 0. The van der Waals surface area contributed by atoms with Crippen molar-refractivity contribution in [2.24, 2.45) is 0 Å². The lowest BCUT2D eigenvalue weighted by molar-refractivity contribution is -0.112. The Morgan fingerprint density at radius 3 is 2.61 bits per heavy atom.